The maximum absolute atomic E-state index is 12.5. The van der Waals surface area contributed by atoms with E-state index in [1.54, 1.807) is 18.2 Å². The van der Waals surface area contributed by atoms with Crippen molar-refractivity contribution in [2.45, 2.75) is 27.3 Å². The number of nitrogens with zero attached hydrogens (tertiary/aromatic N) is 3. The Morgan fingerprint density at radius 2 is 1.80 bits per heavy atom. The Labute approximate surface area is 174 Å². The molecule has 9 nitrogen and oxygen atoms in total. The number of nitrogen functional groups attached to an aromatic ring is 1. The topological polar surface area (TPSA) is 124 Å². The van der Waals surface area contributed by atoms with Gasteiger partial charge in [0.05, 0.1) is 12.3 Å². The normalized spacial score (nSPS) is 10.5. The fourth-order valence-corrected chi connectivity index (χ4v) is 3.01. The molecule has 0 saturated heterocycles. The molecule has 2 aromatic carbocycles. The number of ether oxygens (including phenoxy) is 1. The van der Waals surface area contributed by atoms with Crippen molar-refractivity contribution in [2.75, 3.05) is 23.0 Å². The van der Waals surface area contributed by atoms with Crippen molar-refractivity contribution in [3.05, 3.63) is 59.3 Å². The molecule has 0 atom stereocenters. The van der Waals surface area contributed by atoms with Crippen molar-refractivity contribution >= 4 is 29.0 Å². The summed E-state index contributed by atoms with van der Waals surface area (Å²) in [6.07, 6.45) is 0. The molecule has 156 valence electrons. The van der Waals surface area contributed by atoms with E-state index < -0.39 is 5.91 Å². The third-order valence-electron chi connectivity index (χ3n) is 4.22. The quantitative estimate of drug-likeness (QED) is 0.552. The molecule has 1 aromatic heterocycles. The minimum atomic E-state index is -0.495. The summed E-state index contributed by atoms with van der Waals surface area (Å²) in [7, 11) is 0. The number of para-hydroxylation sites is 2. The molecule has 0 saturated carbocycles. The van der Waals surface area contributed by atoms with E-state index in [0.29, 0.717) is 23.7 Å². The van der Waals surface area contributed by atoms with Gasteiger partial charge in [-0.25, -0.2) is 4.68 Å². The van der Waals surface area contributed by atoms with Crippen molar-refractivity contribution < 1.29 is 14.3 Å². The first-order chi connectivity index (χ1) is 14.4. The number of amides is 2. The predicted octanol–water partition coefficient (Wildman–Crippen LogP) is 2.77. The van der Waals surface area contributed by atoms with Crippen LogP contribution >= 0.6 is 0 Å². The van der Waals surface area contributed by atoms with Gasteiger partial charge in [0.2, 0.25) is 5.91 Å². The van der Waals surface area contributed by atoms with Crippen molar-refractivity contribution in [1.82, 2.24) is 15.0 Å². The lowest BCUT2D eigenvalue weighted by molar-refractivity contribution is -0.116. The smallest absolute Gasteiger partial charge is 0.280 e. The molecule has 3 aromatic rings. The number of hydrogen-bond acceptors (Lipinski definition) is 6. The lowest BCUT2D eigenvalue weighted by atomic mass is 10.1. The lowest BCUT2D eigenvalue weighted by Gasteiger charge is -2.11. The summed E-state index contributed by atoms with van der Waals surface area (Å²) in [5, 5.41) is 13.2. The van der Waals surface area contributed by atoms with Gasteiger partial charge in [-0.05, 0) is 56.2 Å². The summed E-state index contributed by atoms with van der Waals surface area (Å²) in [4.78, 5) is 25.0. The first-order valence-corrected chi connectivity index (χ1v) is 9.47. The van der Waals surface area contributed by atoms with Crippen molar-refractivity contribution in [2.24, 2.45) is 0 Å². The molecule has 4 N–H and O–H groups in total. The number of aromatic nitrogens is 3. The Hall–Kier alpha value is -3.88. The molecule has 30 heavy (non-hydrogen) atoms. The van der Waals surface area contributed by atoms with Crippen molar-refractivity contribution in [3.63, 3.8) is 0 Å². The van der Waals surface area contributed by atoms with Crippen LogP contribution in [-0.2, 0) is 11.3 Å². The fourth-order valence-electron chi connectivity index (χ4n) is 3.01. The van der Waals surface area contributed by atoms with E-state index in [-0.39, 0.29) is 24.0 Å². The second kappa shape index (κ2) is 9.08. The SMILES string of the molecule is CCOc1ccccc1NC(=O)Cn1nnc(C(=O)Nc2cc(C)cc(C)c2)c1N. The third kappa shape index (κ3) is 4.93. The molecule has 9 heteroatoms. The van der Waals surface area contributed by atoms with Crippen molar-refractivity contribution in [1.29, 1.82) is 0 Å². The Morgan fingerprint density at radius 1 is 1.10 bits per heavy atom. The van der Waals surface area contributed by atoms with Crippen LogP contribution in [0.5, 0.6) is 5.75 Å². The minimum absolute atomic E-state index is 0.00474. The van der Waals surface area contributed by atoms with Crippen LogP contribution in [0.3, 0.4) is 0 Å². The van der Waals surface area contributed by atoms with E-state index in [4.69, 9.17) is 10.5 Å². The van der Waals surface area contributed by atoms with Gasteiger partial charge in [0, 0.05) is 5.69 Å². The molecule has 0 aliphatic carbocycles. The summed E-state index contributed by atoms with van der Waals surface area (Å²) in [6, 6.07) is 12.8. The van der Waals surface area contributed by atoms with Crippen molar-refractivity contribution in [3.8, 4) is 5.75 Å². The number of rotatable bonds is 7. The zero-order valence-corrected chi connectivity index (χ0v) is 17.1. The van der Waals surface area contributed by atoms with Crippen LogP contribution in [0.25, 0.3) is 0 Å². The second-order valence-electron chi connectivity index (χ2n) is 6.79. The molecular weight excluding hydrogens is 384 g/mol. The third-order valence-corrected chi connectivity index (χ3v) is 4.22. The summed E-state index contributed by atoms with van der Waals surface area (Å²) in [5.74, 6) is -0.301. The highest BCUT2D eigenvalue weighted by Gasteiger charge is 2.19. The van der Waals surface area contributed by atoms with Gasteiger partial charge in [0.15, 0.2) is 11.5 Å². The van der Waals surface area contributed by atoms with Crippen LogP contribution in [0.15, 0.2) is 42.5 Å². The Kier molecular flexibility index (Phi) is 6.31. The maximum Gasteiger partial charge on any atom is 0.280 e. The number of carbonyl (C=O) groups is 2. The molecule has 3 rings (SSSR count). The van der Waals surface area contributed by atoms with E-state index >= 15 is 0 Å². The van der Waals surface area contributed by atoms with Crippen LogP contribution < -0.4 is 21.1 Å². The van der Waals surface area contributed by atoms with Gasteiger partial charge in [0.25, 0.3) is 5.91 Å². The average Bonchev–Trinajstić information content (AvgIpc) is 3.03. The Bertz CT molecular complexity index is 1060. The highest BCUT2D eigenvalue weighted by atomic mass is 16.5. The van der Waals surface area contributed by atoms with Crippen LogP contribution in [0.4, 0.5) is 17.2 Å². The molecular formula is C21H24N6O3. The summed E-state index contributed by atoms with van der Waals surface area (Å²) < 4.78 is 6.67. The lowest BCUT2D eigenvalue weighted by Crippen LogP contribution is -2.21. The Balaban J connectivity index is 1.69. The summed E-state index contributed by atoms with van der Waals surface area (Å²) >= 11 is 0. The van der Waals surface area contributed by atoms with Gasteiger partial charge in [0.1, 0.15) is 12.3 Å². The standard InChI is InChI=1S/C21H24N6O3/c1-4-30-17-8-6-5-7-16(17)24-18(28)12-27-20(22)19(25-26-27)21(29)23-15-10-13(2)9-14(3)11-15/h5-11H,4,12,22H2,1-3H3,(H,23,29)(H,24,28). The number of nitrogens with one attached hydrogen (secondary N) is 2. The number of hydrogen-bond donors (Lipinski definition) is 3. The molecule has 0 unspecified atom stereocenters. The maximum atomic E-state index is 12.5. The second-order valence-corrected chi connectivity index (χ2v) is 6.79. The van der Waals surface area contributed by atoms with Crippen LogP contribution in [0.2, 0.25) is 0 Å². The first kappa shape index (κ1) is 20.8. The average molecular weight is 408 g/mol. The molecule has 0 fully saturated rings. The first-order valence-electron chi connectivity index (χ1n) is 9.47. The van der Waals surface area contributed by atoms with Gasteiger partial charge in [-0.3, -0.25) is 9.59 Å². The monoisotopic (exact) mass is 408 g/mol. The van der Waals surface area contributed by atoms with Crippen LogP contribution in [0, 0.1) is 13.8 Å². The van der Waals surface area contributed by atoms with Gasteiger partial charge in [-0.2, -0.15) is 0 Å². The predicted molar refractivity (Wildman–Crippen MR) is 115 cm³/mol. The number of benzene rings is 2. The van der Waals surface area contributed by atoms with E-state index in [1.807, 2.05) is 45.0 Å². The van der Waals surface area contributed by atoms with Gasteiger partial charge in [-0.15, -0.1) is 5.10 Å². The van der Waals surface area contributed by atoms with E-state index in [2.05, 4.69) is 20.9 Å². The number of carbonyl (C=O) groups excluding carboxylic acids is 2. The molecule has 0 bridgehead atoms. The van der Waals surface area contributed by atoms with Crippen LogP contribution in [0.1, 0.15) is 28.5 Å². The van der Waals surface area contributed by atoms with E-state index in [1.165, 1.54) is 4.68 Å². The zero-order chi connectivity index (χ0) is 21.7. The minimum Gasteiger partial charge on any atom is -0.492 e. The number of aryl methyl sites for hydroxylation is 2. The number of anilines is 3. The van der Waals surface area contributed by atoms with Crippen LogP contribution in [-0.4, -0.2) is 33.4 Å². The molecule has 2 amide bonds. The largest absolute Gasteiger partial charge is 0.492 e. The fraction of sp³-hybridized carbons (Fsp3) is 0.238. The zero-order valence-electron chi connectivity index (χ0n) is 17.1. The van der Waals surface area contributed by atoms with E-state index in [9.17, 15) is 9.59 Å². The molecule has 0 aliphatic heterocycles. The molecule has 0 aliphatic rings. The van der Waals surface area contributed by atoms with E-state index in [0.717, 1.165) is 11.1 Å². The summed E-state index contributed by atoms with van der Waals surface area (Å²) in [6.45, 7) is 6.02. The highest BCUT2D eigenvalue weighted by molar-refractivity contribution is 6.06. The Morgan fingerprint density at radius 3 is 2.50 bits per heavy atom. The van der Waals surface area contributed by atoms with Gasteiger partial charge >= 0.3 is 0 Å². The number of nitrogens with two attached hydrogens (primary N) is 1. The summed E-state index contributed by atoms with van der Waals surface area (Å²) in [5.41, 5.74) is 9.18. The molecule has 1 heterocycles. The van der Waals surface area contributed by atoms with Gasteiger partial charge in [-0.1, -0.05) is 23.4 Å². The van der Waals surface area contributed by atoms with Gasteiger partial charge < -0.3 is 21.1 Å². The molecule has 0 radical (unpaired) electrons. The molecule has 0 spiro atoms. The highest BCUT2D eigenvalue weighted by Crippen LogP contribution is 2.23.